The molecule has 1 unspecified atom stereocenters. The van der Waals surface area contributed by atoms with Crippen LogP contribution < -0.4 is 15.4 Å². The lowest BCUT2D eigenvalue weighted by Gasteiger charge is -2.28. The van der Waals surface area contributed by atoms with Gasteiger partial charge in [-0.2, -0.15) is 5.10 Å². The number of nitrogens with one attached hydrogen (secondary N) is 2. The average molecular weight is 484 g/mol. The highest BCUT2D eigenvalue weighted by molar-refractivity contribution is 5.96. The summed E-state index contributed by atoms with van der Waals surface area (Å²) in [6.45, 7) is 9.42. The molecule has 0 aliphatic heterocycles. The molecule has 2 amide bonds. The molecule has 2 N–H and O–H groups in total. The first kappa shape index (κ1) is 25.0. The van der Waals surface area contributed by atoms with E-state index in [1.54, 1.807) is 30.4 Å². The molecule has 0 saturated heterocycles. The smallest absolute Gasteiger partial charge is 0.408 e. The van der Waals surface area contributed by atoms with Crippen LogP contribution in [0.2, 0.25) is 0 Å². The Bertz CT molecular complexity index is 1060. The van der Waals surface area contributed by atoms with Gasteiger partial charge in [-0.1, -0.05) is 0 Å². The molecule has 2 fully saturated rings. The molecule has 35 heavy (non-hydrogen) atoms. The number of alkyl carbamates (subject to hydrolysis) is 1. The van der Waals surface area contributed by atoms with Crippen LogP contribution >= 0.6 is 0 Å². The number of nitrogens with zero attached hydrogens (tertiary/aromatic N) is 3. The number of hydrogen-bond donors (Lipinski definition) is 2. The highest BCUT2D eigenvalue weighted by Gasteiger charge is 2.48. The minimum atomic E-state index is -0.647. The molecule has 190 valence electrons. The Labute approximate surface area is 207 Å². The van der Waals surface area contributed by atoms with E-state index in [1.807, 2.05) is 40.7 Å². The van der Waals surface area contributed by atoms with Crippen molar-refractivity contribution in [3.63, 3.8) is 0 Å². The molecule has 2 aliphatic carbocycles. The summed E-state index contributed by atoms with van der Waals surface area (Å²) in [5, 5.41) is 10.3. The van der Waals surface area contributed by atoms with Crippen molar-refractivity contribution in [1.29, 1.82) is 0 Å². The molecule has 0 spiro atoms. The van der Waals surface area contributed by atoms with Crippen molar-refractivity contribution < 1.29 is 19.1 Å². The number of hydrogen-bond acceptors (Lipinski definition) is 6. The summed E-state index contributed by atoms with van der Waals surface area (Å²) in [7, 11) is 1.59. The van der Waals surface area contributed by atoms with E-state index in [4.69, 9.17) is 9.47 Å². The second kappa shape index (κ2) is 9.87. The van der Waals surface area contributed by atoms with E-state index in [1.165, 1.54) is 0 Å². The first-order valence-electron chi connectivity index (χ1n) is 12.4. The summed E-state index contributed by atoms with van der Waals surface area (Å²) in [5.41, 5.74) is 1.86. The molecule has 0 bridgehead atoms. The quantitative estimate of drug-likeness (QED) is 0.545. The Kier molecular flexibility index (Phi) is 7.05. The predicted octanol–water partition coefficient (Wildman–Crippen LogP) is 4.47. The second-order valence-electron chi connectivity index (χ2n) is 10.9. The van der Waals surface area contributed by atoms with E-state index >= 15 is 0 Å². The summed E-state index contributed by atoms with van der Waals surface area (Å²) in [4.78, 5) is 30.4. The number of anilines is 1. The van der Waals surface area contributed by atoms with Gasteiger partial charge in [0.2, 0.25) is 11.8 Å². The molecule has 2 aromatic rings. The standard InChI is InChI=1S/C26H37N5O4/c1-15-11-20(24(34-6)27-12-15)16(2)31-14-19(13-28-31)29-23(32)22(30-25(33)35-26(3,4)5)21(17-7-8-17)18-9-10-18/h11-14,16-18,21-22H,7-10H2,1-6H3,(H,29,32)(H,30,33)/t16?,22-/m0/s1. The molecule has 9 nitrogen and oxygen atoms in total. The maximum atomic E-state index is 13.5. The van der Waals surface area contributed by atoms with Crippen LogP contribution in [0.1, 0.15) is 70.5 Å². The number of methoxy groups -OCH3 is 1. The monoisotopic (exact) mass is 483 g/mol. The van der Waals surface area contributed by atoms with E-state index in [-0.39, 0.29) is 17.9 Å². The summed E-state index contributed by atoms with van der Waals surface area (Å²) in [6, 6.07) is 1.23. The molecule has 2 saturated carbocycles. The van der Waals surface area contributed by atoms with Crippen LogP contribution in [0.4, 0.5) is 10.5 Å². The SMILES string of the molecule is COc1ncc(C)cc1C(C)n1cc(NC(=O)[C@@H](NC(=O)OC(C)(C)C)C(C2CC2)C2CC2)cn1. The van der Waals surface area contributed by atoms with Gasteiger partial charge in [-0.25, -0.2) is 9.78 Å². The highest BCUT2D eigenvalue weighted by Crippen LogP contribution is 2.51. The van der Waals surface area contributed by atoms with Crippen LogP contribution in [0.3, 0.4) is 0 Å². The lowest BCUT2D eigenvalue weighted by Crippen LogP contribution is -2.51. The van der Waals surface area contributed by atoms with Crippen LogP contribution in [0.15, 0.2) is 24.7 Å². The third-order valence-electron chi connectivity index (χ3n) is 6.60. The number of carbonyl (C=O) groups excluding carboxylic acids is 2. The van der Waals surface area contributed by atoms with Crippen molar-refractivity contribution in [2.24, 2.45) is 17.8 Å². The molecule has 4 rings (SSSR count). The molecule has 0 aromatic carbocycles. The van der Waals surface area contributed by atoms with Gasteiger partial charge in [0.05, 0.1) is 25.0 Å². The Balaban J connectivity index is 1.50. The van der Waals surface area contributed by atoms with Crippen LogP contribution in [0.25, 0.3) is 0 Å². The van der Waals surface area contributed by atoms with Gasteiger partial charge in [0.1, 0.15) is 11.6 Å². The van der Waals surface area contributed by atoms with Crippen molar-refractivity contribution in [2.45, 2.75) is 78.0 Å². The topological polar surface area (TPSA) is 107 Å². The Morgan fingerprint density at radius 1 is 1.14 bits per heavy atom. The molecule has 2 aliphatic rings. The maximum absolute atomic E-state index is 13.5. The van der Waals surface area contributed by atoms with E-state index in [9.17, 15) is 9.59 Å². The Hall–Kier alpha value is -3.10. The molecule has 2 atom stereocenters. The largest absolute Gasteiger partial charge is 0.481 e. The first-order valence-corrected chi connectivity index (χ1v) is 12.4. The van der Waals surface area contributed by atoms with Gasteiger partial charge in [0, 0.05) is 18.0 Å². The van der Waals surface area contributed by atoms with Crippen molar-refractivity contribution in [2.75, 3.05) is 12.4 Å². The normalized spacial score (nSPS) is 17.6. The minimum Gasteiger partial charge on any atom is -0.481 e. The lowest BCUT2D eigenvalue weighted by atomic mass is 9.89. The van der Waals surface area contributed by atoms with Crippen LogP contribution in [-0.4, -0.2) is 45.5 Å². The zero-order valence-electron chi connectivity index (χ0n) is 21.5. The van der Waals surface area contributed by atoms with Gasteiger partial charge in [-0.05, 0) is 89.7 Å². The first-order chi connectivity index (χ1) is 16.6. The zero-order chi connectivity index (χ0) is 25.3. The second-order valence-corrected chi connectivity index (χ2v) is 10.9. The maximum Gasteiger partial charge on any atom is 0.408 e. The van der Waals surface area contributed by atoms with Crippen LogP contribution in [0.5, 0.6) is 5.88 Å². The van der Waals surface area contributed by atoms with E-state index in [0.717, 1.165) is 36.8 Å². The Morgan fingerprint density at radius 2 is 1.80 bits per heavy atom. The number of amides is 2. The molecule has 2 heterocycles. The minimum absolute atomic E-state index is 0.124. The fourth-order valence-corrected chi connectivity index (χ4v) is 4.69. The summed E-state index contributed by atoms with van der Waals surface area (Å²) in [5.74, 6) is 1.37. The molecular weight excluding hydrogens is 446 g/mol. The number of aryl methyl sites for hydroxylation is 1. The predicted molar refractivity (Wildman–Crippen MR) is 132 cm³/mol. The van der Waals surface area contributed by atoms with Gasteiger partial charge >= 0.3 is 6.09 Å². The molecule has 0 radical (unpaired) electrons. The fraction of sp³-hybridized carbons (Fsp3) is 0.615. The summed E-state index contributed by atoms with van der Waals surface area (Å²) >= 11 is 0. The highest BCUT2D eigenvalue weighted by atomic mass is 16.6. The number of rotatable bonds is 9. The molecular formula is C26H37N5O4. The third-order valence-corrected chi connectivity index (χ3v) is 6.60. The molecule has 2 aromatic heterocycles. The van der Waals surface area contributed by atoms with Crippen molar-refractivity contribution in [1.82, 2.24) is 20.1 Å². The third kappa shape index (κ3) is 6.32. The van der Waals surface area contributed by atoms with Crippen LogP contribution in [-0.2, 0) is 9.53 Å². The van der Waals surface area contributed by atoms with E-state index < -0.39 is 17.7 Å². The van der Waals surface area contributed by atoms with Crippen molar-refractivity contribution in [3.05, 3.63) is 35.8 Å². The van der Waals surface area contributed by atoms with E-state index in [2.05, 4.69) is 20.7 Å². The van der Waals surface area contributed by atoms with E-state index in [0.29, 0.717) is 23.4 Å². The van der Waals surface area contributed by atoms with Gasteiger partial charge < -0.3 is 20.1 Å². The average Bonchev–Trinajstić information content (AvgIpc) is 3.72. The fourth-order valence-electron chi connectivity index (χ4n) is 4.69. The lowest BCUT2D eigenvalue weighted by molar-refractivity contribution is -0.120. The number of carbonyl (C=O) groups is 2. The summed E-state index contributed by atoms with van der Waals surface area (Å²) < 4.78 is 12.7. The Morgan fingerprint density at radius 3 is 2.37 bits per heavy atom. The van der Waals surface area contributed by atoms with Gasteiger partial charge in [-0.3, -0.25) is 9.48 Å². The van der Waals surface area contributed by atoms with Crippen molar-refractivity contribution >= 4 is 17.7 Å². The van der Waals surface area contributed by atoms with Crippen LogP contribution in [0, 0.1) is 24.7 Å². The van der Waals surface area contributed by atoms with Crippen molar-refractivity contribution in [3.8, 4) is 5.88 Å². The van der Waals surface area contributed by atoms with Gasteiger partial charge in [0.25, 0.3) is 0 Å². The molecule has 9 heteroatoms. The number of ether oxygens (including phenoxy) is 2. The van der Waals surface area contributed by atoms with Gasteiger partial charge in [0.15, 0.2) is 0 Å². The van der Waals surface area contributed by atoms with Gasteiger partial charge in [-0.15, -0.1) is 0 Å². The number of aromatic nitrogens is 3. The zero-order valence-corrected chi connectivity index (χ0v) is 21.5. The number of pyridine rings is 1. The summed E-state index contributed by atoms with van der Waals surface area (Å²) in [6.07, 6.45) is 9.01.